The average molecular weight is 403 g/mol. The minimum Gasteiger partial charge on any atom is -0.378 e. The number of carbonyl (C=O) groups is 1. The van der Waals surface area contributed by atoms with Gasteiger partial charge in [-0.3, -0.25) is 9.36 Å². The molecule has 1 saturated heterocycles. The van der Waals surface area contributed by atoms with E-state index in [1.165, 1.54) is 5.56 Å². The molecule has 0 bridgehead atoms. The summed E-state index contributed by atoms with van der Waals surface area (Å²) in [5.74, 6) is 2.25. The maximum Gasteiger partial charge on any atom is 0.239 e. The van der Waals surface area contributed by atoms with E-state index in [9.17, 15) is 4.79 Å². The summed E-state index contributed by atoms with van der Waals surface area (Å²) in [6.45, 7) is 4.69. The number of imidazole rings is 2. The molecule has 1 fully saturated rings. The highest BCUT2D eigenvalue weighted by Gasteiger charge is 2.23. The van der Waals surface area contributed by atoms with E-state index in [-0.39, 0.29) is 0 Å². The lowest BCUT2D eigenvalue weighted by Crippen LogP contribution is -2.37. The topological polar surface area (TPSA) is 91.0 Å². The van der Waals surface area contributed by atoms with Crippen molar-refractivity contribution < 1.29 is 9.53 Å². The van der Waals surface area contributed by atoms with E-state index in [0.717, 1.165) is 17.7 Å². The van der Waals surface area contributed by atoms with Crippen LogP contribution >= 0.6 is 0 Å². The molecule has 0 N–H and O–H groups in total. The number of aldehydes is 1. The zero-order valence-electron chi connectivity index (χ0n) is 16.8. The molecule has 1 aliphatic heterocycles. The third kappa shape index (κ3) is 3.03. The number of benzene rings is 1. The number of aromatic nitrogens is 6. The molecule has 5 rings (SSSR count). The molecule has 0 saturated carbocycles. The number of rotatable bonds is 4. The van der Waals surface area contributed by atoms with E-state index in [0.29, 0.717) is 55.1 Å². The fourth-order valence-electron chi connectivity index (χ4n) is 3.64. The summed E-state index contributed by atoms with van der Waals surface area (Å²) in [4.78, 5) is 32.2. The van der Waals surface area contributed by atoms with Crippen LogP contribution in [-0.2, 0) is 11.8 Å². The average Bonchev–Trinajstić information content (AvgIpc) is 3.39. The third-order valence-corrected chi connectivity index (χ3v) is 5.31. The molecule has 0 atom stereocenters. The normalized spacial score (nSPS) is 14.4. The molecule has 0 spiro atoms. The van der Waals surface area contributed by atoms with E-state index in [1.807, 2.05) is 22.9 Å². The summed E-state index contributed by atoms with van der Waals surface area (Å²) >= 11 is 0. The lowest BCUT2D eigenvalue weighted by atomic mass is 10.1. The van der Waals surface area contributed by atoms with Crippen molar-refractivity contribution in [2.45, 2.75) is 6.92 Å². The molecule has 152 valence electrons. The molecule has 0 aliphatic carbocycles. The van der Waals surface area contributed by atoms with Gasteiger partial charge in [0.05, 0.1) is 13.2 Å². The second-order valence-electron chi connectivity index (χ2n) is 7.25. The monoisotopic (exact) mass is 403 g/mol. The van der Waals surface area contributed by atoms with Crippen LogP contribution in [0.3, 0.4) is 0 Å². The van der Waals surface area contributed by atoms with Gasteiger partial charge in [0.1, 0.15) is 5.82 Å². The number of carbonyl (C=O) groups excluding carboxylic acids is 1. The molecule has 1 aromatic carbocycles. The second kappa shape index (κ2) is 7.34. The Bertz CT molecular complexity index is 1220. The number of fused-ring (bicyclic) bond motifs is 1. The smallest absolute Gasteiger partial charge is 0.239 e. The predicted molar refractivity (Wildman–Crippen MR) is 112 cm³/mol. The molecule has 1 aliphatic rings. The standard InChI is InChI=1S/C21H21N7O2/c1-14-3-5-15(6-4-14)18-22-7-8-28(18)21-24-19-17(23-16(13-29)26(19)2)20(25-21)27-9-11-30-12-10-27/h3-8,13H,9-12H2,1-2H3. The Kier molecular flexibility index (Phi) is 4.51. The van der Waals surface area contributed by atoms with Crippen LogP contribution < -0.4 is 4.90 Å². The van der Waals surface area contributed by atoms with Crippen LogP contribution in [0.5, 0.6) is 0 Å². The van der Waals surface area contributed by atoms with Gasteiger partial charge in [-0.05, 0) is 6.92 Å². The maximum atomic E-state index is 11.5. The third-order valence-electron chi connectivity index (χ3n) is 5.31. The van der Waals surface area contributed by atoms with Crippen molar-refractivity contribution in [1.82, 2.24) is 29.1 Å². The Labute approximate surface area is 173 Å². The zero-order chi connectivity index (χ0) is 20.7. The number of nitrogens with zero attached hydrogens (tertiary/aromatic N) is 7. The summed E-state index contributed by atoms with van der Waals surface area (Å²) < 4.78 is 9.05. The van der Waals surface area contributed by atoms with Crippen molar-refractivity contribution in [2.24, 2.45) is 7.05 Å². The van der Waals surface area contributed by atoms with Crippen LogP contribution in [0, 0.1) is 6.92 Å². The highest BCUT2D eigenvalue weighted by Crippen LogP contribution is 2.27. The molecule has 4 aromatic rings. The second-order valence-corrected chi connectivity index (χ2v) is 7.25. The number of aryl methyl sites for hydroxylation is 2. The minimum absolute atomic E-state index is 0.315. The lowest BCUT2D eigenvalue weighted by Gasteiger charge is -2.28. The lowest BCUT2D eigenvalue weighted by molar-refractivity contribution is 0.111. The number of morpholine rings is 1. The van der Waals surface area contributed by atoms with E-state index in [4.69, 9.17) is 14.7 Å². The van der Waals surface area contributed by atoms with Crippen LogP contribution in [0.2, 0.25) is 0 Å². The van der Waals surface area contributed by atoms with Gasteiger partial charge in [0.2, 0.25) is 5.95 Å². The zero-order valence-corrected chi connectivity index (χ0v) is 16.8. The van der Waals surface area contributed by atoms with Crippen LogP contribution in [0.15, 0.2) is 36.7 Å². The molecule has 30 heavy (non-hydrogen) atoms. The summed E-state index contributed by atoms with van der Waals surface area (Å²) in [5, 5.41) is 0. The summed E-state index contributed by atoms with van der Waals surface area (Å²) in [6.07, 6.45) is 4.31. The molecule has 9 nitrogen and oxygen atoms in total. The number of ether oxygens (including phenoxy) is 1. The fraction of sp³-hybridized carbons (Fsp3) is 0.286. The molecular formula is C21H21N7O2. The van der Waals surface area contributed by atoms with Gasteiger partial charge in [-0.25, -0.2) is 9.97 Å². The van der Waals surface area contributed by atoms with Crippen LogP contribution in [0.1, 0.15) is 16.2 Å². The van der Waals surface area contributed by atoms with E-state index in [1.54, 1.807) is 17.8 Å². The van der Waals surface area contributed by atoms with Crippen molar-refractivity contribution in [3.63, 3.8) is 0 Å². The van der Waals surface area contributed by atoms with E-state index in [2.05, 4.69) is 33.9 Å². The predicted octanol–water partition coefficient (Wildman–Crippen LogP) is 2.17. The summed E-state index contributed by atoms with van der Waals surface area (Å²) in [5.41, 5.74) is 3.37. The van der Waals surface area contributed by atoms with Crippen molar-refractivity contribution in [3.8, 4) is 17.3 Å². The maximum absolute atomic E-state index is 11.5. The first-order valence-electron chi connectivity index (χ1n) is 9.79. The molecule has 9 heteroatoms. The molecule has 4 heterocycles. The van der Waals surface area contributed by atoms with E-state index >= 15 is 0 Å². The molecule has 0 unspecified atom stereocenters. The van der Waals surface area contributed by atoms with Crippen molar-refractivity contribution in [2.75, 3.05) is 31.2 Å². The summed E-state index contributed by atoms with van der Waals surface area (Å²) in [7, 11) is 1.79. The van der Waals surface area contributed by atoms with Gasteiger partial charge >= 0.3 is 0 Å². The Hall–Kier alpha value is -3.59. The van der Waals surface area contributed by atoms with Gasteiger partial charge < -0.3 is 14.2 Å². The Morgan fingerprint density at radius 3 is 2.57 bits per heavy atom. The van der Waals surface area contributed by atoms with Crippen LogP contribution in [0.4, 0.5) is 5.82 Å². The van der Waals surface area contributed by atoms with Gasteiger partial charge in [-0.1, -0.05) is 29.8 Å². The number of hydrogen-bond acceptors (Lipinski definition) is 7. The quantitative estimate of drug-likeness (QED) is 0.482. The summed E-state index contributed by atoms with van der Waals surface area (Å²) in [6, 6.07) is 8.17. The van der Waals surface area contributed by atoms with Gasteiger partial charge in [0.15, 0.2) is 29.1 Å². The molecule has 0 radical (unpaired) electrons. The number of anilines is 1. The fourth-order valence-corrected chi connectivity index (χ4v) is 3.64. The van der Waals surface area contributed by atoms with Crippen molar-refractivity contribution in [3.05, 3.63) is 48.0 Å². The SMILES string of the molecule is Cc1ccc(-c2nccn2-c2nc(N3CCOCC3)c3nc(C=O)n(C)c3n2)cc1. The Balaban J connectivity index is 1.71. The first kappa shape index (κ1) is 18.4. The molecule has 3 aromatic heterocycles. The Morgan fingerprint density at radius 2 is 1.83 bits per heavy atom. The Morgan fingerprint density at radius 1 is 1.07 bits per heavy atom. The van der Waals surface area contributed by atoms with Crippen LogP contribution in [0.25, 0.3) is 28.5 Å². The highest BCUT2D eigenvalue weighted by molar-refractivity contribution is 5.88. The minimum atomic E-state index is 0.315. The van der Waals surface area contributed by atoms with Crippen LogP contribution in [-0.4, -0.2) is 61.7 Å². The van der Waals surface area contributed by atoms with Gasteiger partial charge in [0.25, 0.3) is 0 Å². The van der Waals surface area contributed by atoms with Gasteiger partial charge in [0, 0.05) is 38.1 Å². The van der Waals surface area contributed by atoms with Crippen molar-refractivity contribution in [1.29, 1.82) is 0 Å². The van der Waals surface area contributed by atoms with Gasteiger partial charge in [-0.15, -0.1) is 0 Å². The van der Waals surface area contributed by atoms with Gasteiger partial charge in [-0.2, -0.15) is 9.97 Å². The van der Waals surface area contributed by atoms with E-state index < -0.39 is 0 Å². The first-order valence-corrected chi connectivity index (χ1v) is 9.79. The first-order chi connectivity index (χ1) is 14.7. The largest absolute Gasteiger partial charge is 0.378 e. The van der Waals surface area contributed by atoms with Crippen molar-refractivity contribution >= 4 is 23.3 Å². The highest BCUT2D eigenvalue weighted by atomic mass is 16.5. The molecule has 0 amide bonds. The number of hydrogen-bond donors (Lipinski definition) is 0. The molecular weight excluding hydrogens is 382 g/mol.